The fourth-order valence-electron chi connectivity index (χ4n) is 2.32. The molecule has 6 nitrogen and oxygen atoms in total. The molecule has 0 unspecified atom stereocenters. The summed E-state index contributed by atoms with van der Waals surface area (Å²) in [6.07, 6.45) is 3.24. The van der Waals surface area contributed by atoms with E-state index in [0.717, 1.165) is 25.7 Å². The molecule has 0 aliphatic heterocycles. The third-order valence-corrected chi connectivity index (χ3v) is 5.53. The van der Waals surface area contributed by atoms with E-state index < -0.39 is 16.0 Å². The second-order valence-electron chi connectivity index (χ2n) is 4.77. The summed E-state index contributed by atoms with van der Waals surface area (Å²) in [5, 5.41) is 11.7. The number of hydrogen-bond donors (Lipinski definition) is 2. The zero-order chi connectivity index (χ0) is 13.8. The van der Waals surface area contributed by atoms with Crippen molar-refractivity contribution in [1.29, 1.82) is 0 Å². The van der Waals surface area contributed by atoms with Crippen LogP contribution in [0.15, 0.2) is 0 Å². The van der Waals surface area contributed by atoms with Gasteiger partial charge in [-0.15, -0.1) is 0 Å². The van der Waals surface area contributed by atoms with Crippen molar-refractivity contribution in [3.63, 3.8) is 0 Å². The van der Waals surface area contributed by atoms with Gasteiger partial charge in [0.05, 0.1) is 12.2 Å². The molecular weight excluding hydrogens is 256 g/mol. The average Bonchev–Trinajstić information content (AvgIpc) is 2.36. The molecule has 0 radical (unpaired) electrons. The van der Waals surface area contributed by atoms with Crippen molar-refractivity contribution >= 4 is 16.0 Å². The molecule has 18 heavy (non-hydrogen) atoms. The average molecular weight is 278 g/mol. The molecule has 0 aromatic heterocycles. The van der Waals surface area contributed by atoms with E-state index in [1.807, 2.05) is 7.05 Å². The van der Waals surface area contributed by atoms with Gasteiger partial charge in [-0.2, -0.15) is 0 Å². The fourth-order valence-corrected chi connectivity index (χ4v) is 3.70. The molecule has 0 aromatic carbocycles. The lowest BCUT2D eigenvalue weighted by atomic mass is 9.91. The first kappa shape index (κ1) is 15.4. The molecule has 0 atom stereocenters. The predicted molar refractivity (Wildman–Crippen MR) is 68.9 cm³/mol. The standard InChI is InChI=1S/C11H22N2O4S/c1-12-9-3-5-10(6-4-9)13(2)18(16,17)8-7-11(14)15/h9-10,12H,3-8H2,1-2H3,(H,14,15). The number of sulfonamides is 1. The van der Waals surface area contributed by atoms with Gasteiger partial charge in [-0.3, -0.25) is 4.79 Å². The zero-order valence-corrected chi connectivity index (χ0v) is 11.7. The molecule has 0 amide bonds. The minimum atomic E-state index is -3.45. The Balaban J connectivity index is 2.53. The van der Waals surface area contributed by atoms with E-state index in [9.17, 15) is 13.2 Å². The van der Waals surface area contributed by atoms with Crippen molar-refractivity contribution < 1.29 is 18.3 Å². The van der Waals surface area contributed by atoms with Crippen LogP contribution < -0.4 is 5.32 Å². The lowest BCUT2D eigenvalue weighted by molar-refractivity contribution is -0.136. The van der Waals surface area contributed by atoms with Crippen LogP contribution in [0.2, 0.25) is 0 Å². The molecule has 1 fully saturated rings. The van der Waals surface area contributed by atoms with Crippen molar-refractivity contribution in [2.45, 2.75) is 44.2 Å². The van der Waals surface area contributed by atoms with Crippen LogP contribution in [-0.2, 0) is 14.8 Å². The molecule has 0 saturated heterocycles. The van der Waals surface area contributed by atoms with Gasteiger partial charge in [0.25, 0.3) is 0 Å². The van der Waals surface area contributed by atoms with Gasteiger partial charge in [0.15, 0.2) is 0 Å². The Kier molecular flexibility index (Phi) is 5.55. The Morgan fingerprint density at radius 2 is 1.89 bits per heavy atom. The van der Waals surface area contributed by atoms with Gasteiger partial charge >= 0.3 is 5.97 Å². The van der Waals surface area contributed by atoms with Crippen molar-refractivity contribution in [3.8, 4) is 0 Å². The Labute approximate surface area is 108 Å². The van der Waals surface area contributed by atoms with Crippen LogP contribution in [0.1, 0.15) is 32.1 Å². The van der Waals surface area contributed by atoms with Crippen LogP contribution in [-0.4, -0.2) is 55.7 Å². The van der Waals surface area contributed by atoms with Crippen LogP contribution in [0.25, 0.3) is 0 Å². The van der Waals surface area contributed by atoms with Gasteiger partial charge in [0.2, 0.25) is 10.0 Å². The summed E-state index contributed by atoms with van der Waals surface area (Å²) < 4.78 is 25.2. The highest BCUT2D eigenvalue weighted by atomic mass is 32.2. The maximum Gasteiger partial charge on any atom is 0.304 e. The third kappa shape index (κ3) is 4.22. The van der Waals surface area contributed by atoms with E-state index in [-0.39, 0.29) is 18.2 Å². The zero-order valence-electron chi connectivity index (χ0n) is 10.9. The van der Waals surface area contributed by atoms with Crippen LogP contribution in [0.5, 0.6) is 0 Å². The molecule has 1 aliphatic carbocycles. The van der Waals surface area contributed by atoms with Crippen LogP contribution in [0.4, 0.5) is 0 Å². The molecule has 1 aliphatic rings. The number of hydrogen-bond acceptors (Lipinski definition) is 4. The molecule has 2 N–H and O–H groups in total. The molecular formula is C11H22N2O4S. The largest absolute Gasteiger partial charge is 0.481 e. The minimum Gasteiger partial charge on any atom is -0.481 e. The monoisotopic (exact) mass is 278 g/mol. The van der Waals surface area contributed by atoms with Crippen molar-refractivity contribution in [2.24, 2.45) is 0 Å². The highest BCUT2D eigenvalue weighted by Gasteiger charge is 2.30. The second kappa shape index (κ2) is 6.49. The molecule has 106 valence electrons. The van der Waals surface area contributed by atoms with Crippen molar-refractivity contribution in [1.82, 2.24) is 9.62 Å². The minimum absolute atomic E-state index is 0.00777. The molecule has 0 spiro atoms. The summed E-state index contributed by atoms with van der Waals surface area (Å²) in [6.45, 7) is 0. The van der Waals surface area contributed by atoms with Crippen molar-refractivity contribution in [2.75, 3.05) is 19.8 Å². The first-order valence-electron chi connectivity index (χ1n) is 6.21. The Morgan fingerprint density at radius 1 is 1.33 bits per heavy atom. The molecule has 0 aromatic rings. The van der Waals surface area contributed by atoms with Gasteiger partial charge in [-0.25, -0.2) is 12.7 Å². The number of carbonyl (C=O) groups is 1. The Bertz CT molecular complexity index is 375. The molecule has 1 saturated carbocycles. The number of rotatable bonds is 6. The number of nitrogens with zero attached hydrogens (tertiary/aromatic N) is 1. The van der Waals surface area contributed by atoms with E-state index in [2.05, 4.69) is 5.32 Å². The van der Waals surface area contributed by atoms with E-state index >= 15 is 0 Å². The molecule has 0 bridgehead atoms. The number of aliphatic carboxylic acids is 1. The summed E-state index contributed by atoms with van der Waals surface area (Å²) in [5.41, 5.74) is 0. The summed E-state index contributed by atoms with van der Waals surface area (Å²) in [7, 11) is 0.0250. The smallest absolute Gasteiger partial charge is 0.304 e. The highest BCUT2D eigenvalue weighted by molar-refractivity contribution is 7.89. The summed E-state index contributed by atoms with van der Waals surface area (Å²) in [5.74, 6) is -1.39. The summed E-state index contributed by atoms with van der Waals surface area (Å²) in [4.78, 5) is 10.4. The van der Waals surface area contributed by atoms with Crippen LogP contribution in [0, 0.1) is 0 Å². The topological polar surface area (TPSA) is 86.7 Å². The second-order valence-corrected chi connectivity index (χ2v) is 6.92. The van der Waals surface area contributed by atoms with Gasteiger partial charge < -0.3 is 10.4 Å². The summed E-state index contributed by atoms with van der Waals surface area (Å²) >= 11 is 0. The third-order valence-electron chi connectivity index (χ3n) is 3.63. The molecule has 7 heteroatoms. The molecule has 1 rings (SSSR count). The maximum absolute atomic E-state index is 11.9. The lowest BCUT2D eigenvalue weighted by Gasteiger charge is -2.33. The highest BCUT2D eigenvalue weighted by Crippen LogP contribution is 2.24. The van der Waals surface area contributed by atoms with E-state index in [1.54, 1.807) is 7.05 Å². The quantitative estimate of drug-likeness (QED) is 0.727. The first-order valence-corrected chi connectivity index (χ1v) is 7.82. The van der Waals surface area contributed by atoms with Crippen LogP contribution in [0.3, 0.4) is 0 Å². The summed E-state index contributed by atoms with van der Waals surface area (Å²) in [6, 6.07) is 0.477. The SMILES string of the molecule is CNC1CCC(N(C)S(=O)(=O)CCC(=O)O)CC1. The number of carboxylic acids is 1. The van der Waals surface area contributed by atoms with E-state index in [0.29, 0.717) is 6.04 Å². The first-order chi connectivity index (χ1) is 8.36. The van der Waals surface area contributed by atoms with Gasteiger partial charge in [-0.1, -0.05) is 0 Å². The van der Waals surface area contributed by atoms with Gasteiger partial charge in [-0.05, 0) is 32.7 Å². The molecule has 0 heterocycles. The Morgan fingerprint density at radius 3 is 2.33 bits per heavy atom. The van der Waals surface area contributed by atoms with Crippen molar-refractivity contribution in [3.05, 3.63) is 0 Å². The van der Waals surface area contributed by atoms with Gasteiger partial charge in [0.1, 0.15) is 0 Å². The lowest BCUT2D eigenvalue weighted by Crippen LogP contribution is -2.43. The van der Waals surface area contributed by atoms with Gasteiger partial charge in [0, 0.05) is 19.1 Å². The number of carboxylic acid groups (broad SMARTS) is 1. The van der Waals surface area contributed by atoms with Crippen LogP contribution >= 0.6 is 0 Å². The maximum atomic E-state index is 11.9. The normalized spacial score (nSPS) is 25.3. The predicted octanol–water partition coefficient (Wildman–Crippen LogP) is 0.253. The Hall–Kier alpha value is -0.660. The van der Waals surface area contributed by atoms with E-state index in [1.165, 1.54) is 4.31 Å². The van der Waals surface area contributed by atoms with E-state index in [4.69, 9.17) is 5.11 Å². The number of nitrogens with one attached hydrogen (secondary N) is 1. The fraction of sp³-hybridized carbons (Fsp3) is 0.909.